The Kier molecular flexibility index (Phi) is 3.05. The molecule has 1 aliphatic carbocycles. The molecule has 5 aromatic rings. The second-order valence-electron chi connectivity index (χ2n) is 6.76. The first kappa shape index (κ1) is 15.0. The number of nitrogens with zero attached hydrogens (tertiary/aromatic N) is 5. The zero-order chi connectivity index (χ0) is 18.0. The van der Waals surface area contributed by atoms with Crippen molar-refractivity contribution in [3.05, 3.63) is 48.2 Å². The third kappa shape index (κ3) is 2.06. The Morgan fingerprint density at radius 2 is 2.00 bits per heavy atom. The van der Waals surface area contributed by atoms with Gasteiger partial charge in [-0.25, -0.2) is 9.97 Å². The summed E-state index contributed by atoms with van der Waals surface area (Å²) in [5.74, 6) is 0.860. The third-order valence-electron chi connectivity index (χ3n) is 5.31. The largest absolute Gasteiger partial charge is 0.497 e. The minimum atomic E-state index is 0.837. The van der Waals surface area contributed by atoms with Crippen LogP contribution < -0.4 is 4.74 Å². The van der Waals surface area contributed by atoms with Crippen LogP contribution in [0.25, 0.3) is 37.2 Å². The minimum Gasteiger partial charge on any atom is -0.497 e. The number of hydrogen-bond acceptors (Lipinski definition) is 6. The molecule has 7 heteroatoms. The SMILES string of the molecule is COc1ccc(-c2c3c(nc4sc5c(ncn6cnnc56)c24)CCC3)cc1. The monoisotopic (exact) mass is 373 g/mol. The topological polar surface area (TPSA) is 65.2 Å². The van der Waals surface area contributed by atoms with Gasteiger partial charge in [-0.15, -0.1) is 21.5 Å². The summed E-state index contributed by atoms with van der Waals surface area (Å²) in [6, 6.07) is 8.29. The lowest BCUT2D eigenvalue weighted by Gasteiger charge is -2.11. The molecule has 0 bridgehead atoms. The molecule has 27 heavy (non-hydrogen) atoms. The van der Waals surface area contributed by atoms with Gasteiger partial charge >= 0.3 is 0 Å². The van der Waals surface area contributed by atoms with E-state index < -0.39 is 0 Å². The van der Waals surface area contributed by atoms with E-state index in [2.05, 4.69) is 22.3 Å². The van der Waals surface area contributed by atoms with Gasteiger partial charge in [-0.05, 0) is 48.1 Å². The number of rotatable bonds is 2. The van der Waals surface area contributed by atoms with E-state index in [0.29, 0.717) is 0 Å². The summed E-state index contributed by atoms with van der Waals surface area (Å²) in [4.78, 5) is 10.8. The third-order valence-corrected chi connectivity index (χ3v) is 6.38. The van der Waals surface area contributed by atoms with Crippen molar-refractivity contribution in [1.82, 2.24) is 24.6 Å². The molecule has 6 rings (SSSR count). The van der Waals surface area contributed by atoms with Gasteiger partial charge < -0.3 is 4.74 Å². The molecule has 0 unspecified atom stereocenters. The first-order chi connectivity index (χ1) is 13.3. The first-order valence-electron chi connectivity index (χ1n) is 8.90. The van der Waals surface area contributed by atoms with E-state index in [1.807, 2.05) is 16.5 Å². The molecule has 1 aliphatic rings. The number of fused-ring (bicyclic) bond motifs is 6. The predicted molar refractivity (Wildman–Crippen MR) is 105 cm³/mol. The smallest absolute Gasteiger partial charge is 0.181 e. The van der Waals surface area contributed by atoms with E-state index in [-0.39, 0.29) is 0 Å². The van der Waals surface area contributed by atoms with Crippen LogP contribution in [0.4, 0.5) is 0 Å². The molecule has 1 aromatic carbocycles. The van der Waals surface area contributed by atoms with Crippen LogP contribution in [0.1, 0.15) is 17.7 Å². The Bertz CT molecular complexity index is 1340. The quantitative estimate of drug-likeness (QED) is 0.467. The van der Waals surface area contributed by atoms with Crippen LogP contribution in [0.5, 0.6) is 5.75 Å². The summed E-state index contributed by atoms with van der Waals surface area (Å²) < 4.78 is 8.24. The fourth-order valence-electron chi connectivity index (χ4n) is 4.07. The van der Waals surface area contributed by atoms with Crippen LogP contribution >= 0.6 is 11.3 Å². The fraction of sp³-hybridized carbons (Fsp3) is 0.200. The van der Waals surface area contributed by atoms with Gasteiger partial charge in [-0.2, -0.15) is 0 Å². The lowest BCUT2D eigenvalue weighted by Crippen LogP contribution is -1.94. The molecule has 0 amide bonds. The summed E-state index contributed by atoms with van der Waals surface area (Å²) >= 11 is 1.66. The molecule has 0 N–H and O–H groups in total. The maximum Gasteiger partial charge on any atom is 0.181 e. The Morgan fingerprint density at radius 3 is 2.85 bits per heavy atom. The highest BCUT2D eigenvalue weighted by molar-refractivity contribution is 7.26. The molecule has 6 nitrogen and oxygen atoms in total. The molecule has 4 aromatic heterocycles. The van der Waals surface area contributed by atoms with Gasteiger partial charge in [0.15, 0.2) is 5.65 Å². The van der Waals surface area contributed by atoms with Crippen molar-refractivity contribution >= 4 is 37.4 Å². The lowest BCUT2D eigenvalue weighted by molar-refractivity contribution is 0.415. The maximum atomic E-state index is 5.34. The van der Waals surface area contributed by atoms with Gasteiger partial charge in [-0.1, -0.05) is 12.1 Å². The van der Waals surface area contributed by atoms with Gasteiger partial charge in [0, 0.05) is 11.1 Å². The zero-order valence-electron chi connectivity index (χ0n) is 14.6. The molecule has 0 radical (unpaired) electrons. The van der Waals surface area contributed by atoms with E-state index in [1.165, 1.54) is 22.4 Å². The van der Waals surface area contributed by atoms with Crippen molar-refractivity contribution in [3.8, 4) is 16.9 Å². The molecule has 0 saturated carbocycles. The second-order valence-corrected chi connectivity index (χ2v) is 7.76. The minimum absolute atomic E-state index is 0.837. The lowest BCUT2D eigenvalue weighted by atomic mass is 9.96. The second kappa shape index (κ2) is 5.47. The van der Waals surface area contributed by atoms with Gasteiger partial charge in [0.1, 0.15) is 27.9 Å². The molecule has 0 saturated heterocycles. The van der Waals surface area contributed by atoms with Crippen LogP contribution in [0.15, 0.2) is 36.9 Å². The Hall–Kier alpha value is -3.06. The number of pyridine rings is 1. The van der Waals surface area contributed by atoms with Crippen LogP contribution in [0.2, 0.25) is 0 Å². The van der Waals surface area contributed by atoms with E-state index in [4.69, 9.17) is 14.7 Å². The van der Waals surface area contributed by atoms with Gasteiger partial charge in [0.05, 0.1) is 12.6 Å². The average molecular weight is 373 g/mol. The van der Waals surface area contributed by atoms with Crippen molar-refractivity contribution in [1.29, 1.82) is 0 Å². The number of benzene rings is 1. The van der Waals surface area contributed by atoms with Gasteiger partial charge in [0.2, 0.25) is 0 Å². The van der Waals surface area contributed by atoms with Crippen molar-refractivity contribution in [2.24, 2.45) is 0 Å². The van der Waals surface area contributed by atoms with E-state index in [1.54, 1.807) is 31.1 Å². The average Bonchev–Trinajstić information content (AvgIpc) is 3.43. The zero-order valence-corrected chi connectivity index (χ0v) is 15.5. The highest BCUT2D eigenvalue weighted by Crippen LogP contribution is 2.44. The summed E-state index contributed by atoms with van der Waals surface area (Å²) in [5.41, 5.74) is 6.82. The molecule has 4 heterocycles. The summed E-state index contributed by atoms with van der Waals surface area (Å²) in [6.07, 6.45) is 6.72. The number of aryl methyl sites for hydroxylation is 1. The van der Waals surface area contributed by atoms with E-state index >= 15 is 0 Å². The van der Waals surface area contributed by atoms with Gasteiger partial charge in [-0.3, -0.25) is 4.40 Å². The molecular weight excluding hydrogens is 358 g/mol. The van der Waals surface area contributed by atoms with Crippen molar-refractivity contribution < 1.29 is 4.74 Å². The first-order valence-corrected chi connectivity index (χ1v) is 9.72. The molecule has 132 valence electrons. The Labute approximate surface area is 158 Å². The fourth-order valence-corrected chi connectivity index (χ4v) is 5.21. The Balaban J connectivity index is 1.77. The highest BCUT2D eigenvalue weighted by atomic mass is 32.1. The molecular formula is C20H15N5OS. The summed E-state index contributed by atoms with van der Waals surface area (Å²) in [7, 11) is 1.69. The molecule has 0 spiro atoms. The van der Waals surface area contributed by atoms with Crippen molar-refractivity contribution in [2.45, 2.75) is 19.3 Å². The Morgan fingerprint density at radius 1 is 1.11 bits per heavy atom. The number of thiophene rings is 1. The number of ether oxygens (including phenoxy) is 1. The highest BCUT2D eigenvalue weighted by Gasteiger charge is 2.24. The normalized spacial score (nSPS) is 13.7. The number of methoxy groups -OCH3 is 1. The van der Waals surface area contributed by atoms with Gasteiger partial charge in [0.25, 0.3) is 0 Å². The van der Waals surface area contributed by atoms with Crippen molar-refractivity contribution in [3.63, 3.8) is 0 Å². The van der Waals surface area contributed by atoms with Crippen LogP contribution in [-0.4, -0.2) is 31.7 Å². The van der Waals surface area contributed by atoms with E-state index in [0.717, 1.165) is 51.1 Å². The van der Waals surface area contributed by atoms with Crippen LogP contribution in [-0.2, 0) is 12.8 Å². The van der Waals surface area contributed by atoms with Crippen LogP contribution in [0, 0.1) is 0 Å². The maximum absolute atomic E-state index is 5.34. The molecule has 0 aliphatic heterocycles. The van der Waals surface area contributed by atoms with Crippen LogP contribution in [0.3, 0.4) is 0 Å². The number of hydrogen-bond donors (Lipinski definition) is 0. The standard InChI is InChI=1S/C20H15N5OS/c1-26-12-7-5-11(6-8-12)15-13-3-2-4-14(13)23-20-16(15)17-18(27-20)19-24-22-10-25(19)9-21-17/h5-10H,2-4H2,1H3. The van der Waals surface area contributed by atoms with E-state index in [9.17, 15) is 0 Å². The summed E-state index contributed by atoms with van der Waals surface area (Å²) in [6.45, 7) is 0. The molecule has 0 fully saturated rings. The predicted octanol–water partition coefficient (Wildman–Crippen LogP) is 4.05. The summed E-state index contributed by atoms with van der Waals surface area (Å²) in [5, 5.41) is 9.45. The number of aromatic nitrogens is 5. The molecule has 0 atom stereocenters. The van der Waals surface area contributed by atoms with Crippen molar-refractivity contribution in [2.75, 3.05) is 7.11 Å².